The molecule has 1 rings (SSSR count). The van der Waals surface area contributed by atoms with Gasteiger partial charge in [0.15, 0.2) is 14.9 Å². The summed E-state index contributed by atoms with van der Waals surface area (Å²) in [7, 11) is -3.30. The topological polar surface area (TPSA) is 52.6 Å². The van der Waals surface area contributed by atoms with Crippen molar-refractivity contribution in [2.45, 2.75) is 38.6 Å². The molecule has 0 aliphatic heterocycles. The van der Waals surface area contributed by atoms with Gasteiger partial charge in [0.2, 0.25) is 0 Å². The molecule has 0 radical (unpaired) electrons. The zero-order valence-electron chi connectivity index (χ0n) is 15.7. The molecule has 0 spiro atoms. The van der Waals surface area contributed by atoms with E-state index >= 15 is 0 Å². The van der Waals surface area contributed by atoms with Crippen LogP contribution in [0.3, 0.4) is 0 Å². The van der Waals surface area contributed by atoms with Gasteiger partial charge in [-0.05, 0) is 51.3 Å². The average molecular weight is 386 g/mol. The van der Waals surface area contributed by atoms with Gasteiger partial charge < -0.3 is 15.1 Å². The maximum absolute atomic E-state index is 12.5. The van der Waals surface area contributed by atoms with Crippen molar-refractivity contribution in [2.24, 2.45) is 0 Å². The summed E-state index contributed by atoms with van der Waals surface area (Å²) in [6.45, 7) is 12.4. The number of nitrogens with zero attached hydrogens (tertiary/aromatic N) is 2. The Balaban J connectivity index is 2.60. The second-order valence-electron chi connectivity index (χ2n) is 6.18. The van der Waals surface area contributed by atoms with Gasteiger partial charge in [-0.15, -0.1) is 0 Å². The second kappa shape index (κ2) is 10.7. The number of thiocarbonyl (C=S) groups is 1. The van der Waals surface area contributed by atoms with Gasteiger partial charge in [-0.1, -0.05) is 32.0 Å². The van der Waals surface area contributed by atoms with E-state index in [4.69, 9.17) is 12.2 Å². The first-order valence-electron chi connectivity index (χ1n) is 8.86. The van der Waals surface area contributed by atoms with E-state index in [2.05, 4.69) is 24.1 Å². The van der Waals surface area contributed by atoms with E-state index < -0.39 is 9.84 Å². The molecular formula is C18H31N3O2S2. The predicted octanol–water partition coefficient (Wildman–Crippen LogP) is 2.39. The monoisotopic (exact) mass is 385 g/mol. The molecule has 0 saturated carbocycles. The summed E-state index contributed by atoms with van der Waals surface area (Å²) >= 11 is 5.48. The molecular weight excluding hydrogens is 354 g/mol. The summed E-state index contributed by atoms with van der Waals surface area (Å²) in [5, 5.41) is 3.88. The molecule has 0 bridgehead atoms. The quantitative estimate of drug-likeness (QED) is 0.624. The number of benzene rings is 1. The first-order valence-corrected chi connectivity index (χ1v) is 10.9. The molecule has 5 nitrogen and oxygen atoms in total. The molecule has 0 amide bonds. The molecule has 1 aromatic carbocycles. The maximum Gasteiger partial charge on any atom is 0.180 e. The molecule has 142 valence electrons. The van der Waals surface area contributed by atoms with Crippen molar-refractivity contribution in [1.82, 2.24) is 15.1 Å². The third kappa shape index (κ3) is 7.30. The average Bonchev–Trinajstić information content (AvgIpc) is 2.59. The molecule has 0 fully saturated rings. The zero-order chi connectivity index (χ0) is 18.9. The predicted molar refractivity (Wildman–Crippen MR) is 109 cm³/mol. The molecule has 25 heavy (non-hydrogen) atoms. The Morgan fingerprint density at radius 1 is 1.12 bits per heavy atom. The number of hydrogen-bond acceptors (Lipinski definition) is 4. The third-order valence-electron chi connectivity index (χ3n) is 4.19. The number of rotatable bonds is 10. The van der Waals surface area contributed by atoms with E-state index in [1.165, 1.54) is 0 Å². The lowest BCUT2D eigenvalue weighted by Gasteiger charge is -2.30. The van der Waals surface area contributed by atoms with E-state index in [1.54, 1.807) is 24.3 Å². The molecule has 0 atom stereocenters. The minimum absolute atomic E-state index is 0.0487. The highest BCUT2D eigenvalue weighted by molar-refractivity contribution is 7.91. The van der Waals surface area contributed by atoms with Crippen LogP contribution in [0.5, 0.6) is 0 Å². The van der Waals surface area contributed by atoms with Crippen LogP contribution in [0, 0.1) is 0 Å². The van der Waals surface area contributed by atoms with Gasteiger partial charge in [-0.2, -0.15) is 0 Å². The van der Waals surface area contributed by atoms with Gasteiger partial charge in [-0.25, -0.2) is 8.42 Å². The molecule has 0 aromatic heterocycles. The van der Waals surface area contributed by atoms with Crippen molar-refractivity contribution >= 4 is 27.2 Å². The summed E-state index contributed by atoms with van der Waals surface area (Å²) in [5.74, 6) is 0.0487. The summed E-state index contributed by atoms with van der Waals surface area (Å²) in [5.41, 5.74) is 0. The van der Waals surface area contributed by atoms with Crippen LogP contribution < -0.4 is 5.32 Å². The van der Waals surface area contributed by atoms with Crippen LogP contribution in [0.4, 0.5) is 0 Å². The van der Waals surface area contributed by atoms with Gasteiger partial charge in [0.1, 0.15) is 0 Å². The first-order chi connectivity index (χ1) is 11.8. The maximum atomic E-state index is 12.5. The Kier molecular flexibility index (Phi) is 9.38. The zero-order valence-corrected chi connectivity index (χ0v) is 17.4. The lowest BCUT2D eigenvalue weighted by molar-refractivity contribution is 0.303. The van der Waals surface area contributed by atoms with Crippen LogP contribution in [0.25, 0.3) is 0 Å². The number of sulfone groups is 1. The highest BCUT2D eigenvalue weighted by atomic mass is 32.2. The standard InChI is InChI=1S/C18H31N3O2S2/c1-5-20(6-2)13-12-19-18(24)21(16(3)4)14-15-25(22,23)17-10-8-7-9-11-17/h7-11,16H,5-6,12-15H2,1-4H3,(H,19,24). The van der Waals surface area contributed by atoms with Gasteiger partial charge in [-0.3, -0.25) is 0 Å². The second-order valence-corrected chi connectivity index (χ2v) is 8.67. The van der Waals surface area contributed by atoms with Crippen LogP contribution in [0.2, 0.25) is 0 Å². The van der Waals surface area contributed by atoms with Crippen LogP contribution in [-0.4, -0.2) is 67.8 Å². The van der Waals surface area contributed by atoms with Crippen molar-refractivity contribution in [1.29, 1.82) is 0 Å². The fourth-order valence-electron chi connectivity index (χ4n) is 2.52. The fraction of sp³-hybridized carbons (Fsp3) is 0.611. The summed E-state index contributed by atoms with van der Waals surface area (Å²) in [6.07, 6.45) is 0. The number of likely N-dealkylation sites (N-methyl/N-ethyl adjacent to an activating group) is 1. The Bertz CT molecular complexity index is 614. The molecule has 0 heterocycles. The molecule has 1 N–H and O–H groups in total. The van der Waals surface area contributed by atoms with Crippen LogP contribution in [0.1, 0.15) is 27.7 Å². The van der Waals surface area contributed by atoms with E-state index in [0.29, 0.717) is 16.6 Å². The Morgan fingerprint density at radius 2 is 1.72 bits per heavy atom. The van der Waals surface area contributed by atoms with Gasteiger partial charge >= 0.3 is 0 Å². The molecule has 0 saturated heterocycles. The number of hydrogen-bond donors (Lipinski definition) is 1. The number of nitrogens with one attached hydrogen (secondary N) is 1. The van der Waals surface area contributed by atoms with Gasteiger partial charge in [0.25, 0.3) is 0 Å². The van der Waals surface area contributed by atoms with Gasteiger partial charge in [0, 0.05) is 25.7 Å². The largest absolute Gasteiger partial charge is 0.361 e. The third-order valence-corrected chi connectivity index (χ3v) is 6.28. The highest BCUT2D eigenvalue weighted by Gasteiger charge is 2.19. The molecule has 0 aliphatic carbocycles. The lowest BCUT2D eigenvalue weighted by atomic mass is 10.3. The van der Waals surface area contributed by atoms with Gasteiger partial charge in [0.05, 0.1) is 10.6 Å². The normalized spacial score (nSPS) is 11.8. The fourth-order valence-corrected chi connectivity index (χ4v) is 4.17. The van der Waals surface area contributed by atoms with E-state index in [1.807, 2.05) is 24.8 Å². The molecule has 0 aliphatic rings. The smallest absolute Gasteiger partial charge is 0.180 e. The SMILES string of the molecule is CCN(CC)CCNC(=S)N(CCS(=O)(=O)c1ccccc1)C(C)C. The Labute approximate surface area is 158 Å². The van der Waals surface area contributed by atoms with Crippen molar-refractivity contribution in [3.05, 3.63) is 30.3 Å². The minimum atomic E-state index is -3.30. The summed E-state index contributed by atoms with van der Waals surface area (Å²) in [4.78, 5) is 4.62. The van der Waals surface area contributed by atoms with Crippen molar-refractivity contribution in [2.75, 3.05) is 38.5 Å². The lowest BCUT2D eigenvalue weighted by Crippen LogP contribution is -2.47. The van der Waals surface area contributed by atoms with Crippen LogP contribution in [-0.2, 0) is 9.84 Å². The molecule has 1 aromatic rings. The highest BCUT2D eigenvalue weighted by Crippen LogP contribution is 2.11. The molecule has 0 unspecified atom stereocenters. The van der Waals surface area contributed by atoms with E-state index in [9.17, 15) is 8.42 Å². The Morgan fingerprint density at radius 3 is 2.24 bits per heavy atom. The summed E-state index contributed by atoms with van der Waals surface area (Å²) in [6, 6.07) is 8.71. The van der Waals surface area contributed by atoms with Crippen LogP contribution in [0.15, 0.2) is 35.2 Å². The van der Waals surface area contributed by atoms with E-state index in [-0.39, 0.29) is 11.8 Å². The van der Waals surface area contributed by atoms with Crippen molar-refractivity contribution in [3.8, 4) is 0 Å². The molecule has 7 heteroatoms. The van der Waals surface area contributed by atoms with Crippen LogP contribution >= 0.6 is 12.2 Å². The van der Waals surface area contributed by atoms with E-state index in [0.717, 1.165) is 26.2 Å². The van der Waals surface area contributed by atoms with Crippen molar-refractivity contribution in [3.63, 3.8) is 0 Å². The first kappa shape index (κ1) is 21.9. The Hall–Kier alpha value is -1.18. The van der Waals surface area contributed by atoms with Crippen molar-refractivity contribution < 1.29 is 8.42 Å². The minimum Gasteiger partial charge on any atom is -0.361 e. The summed E-state index contributed by atoms with van der Waals surface area (Å²) < 4.78 is 24.9.